The van der Waals surface area contributed by atoms with Gasteiger partial charge in [-0.1, -0.05) is 13.8 Å². The van der Waals surface area contributed by atoms with Gasteiger partial charge in [0.2, 0.25) is 5.91 Å². The second-order valence-electron chi connectivity index (χ2n) is 9.60. The number of β-lactam (4-membered cyclic amide) rings is 1. The van der Waals surface area contributed by atoms with Crippen LogP contribution in [0.3, 0.4) is 0 Å². The van der Waals surface area contributed by atoms with Crippen LogP contribution in [0.2, 0.25) is 0 Å². The summed E-state index contributed by atoms with van der Waals surface area (Å²) in [6.45, 7) is 10.6. The van der Waals surface area contributed by atoms with Gasteiger partial charge in [0.25, 0.3) is 0 Å². The van der Waals surface area contributed by atoms with Crippen LogP contribution in [0.5, 0.6) is 5.75 Å². The van der Waals surface area contributed by atoms with Crippen molar-refractivity contribution >= 4 is 29.4 Å². The molecule has 35 heavy (non-hydrogen) atoms. The lowest BCUT2D eigenvalue weighted by Gasteiger charge is -2.53. The average molecular weight is 481 g/mol. The number of rotatable bonds is 7. The second kappa shape index (κ2) is 9.90. The molecule has 2 aromatic rings. The maximum absolute atomic E-state index is 13.1. The van der Waals surface area contributed by atoms with E-state index in [1.165, 1.54) is 6.92 Å². The quantitative estimate of drug-likeness (QED) is 0.322. The Morgan fingerprint density at radius 1 is 0.943 bits per heavy atom. The van der Waals surface area contributed by atoms with Gasteiger partial charge in [0.15, 0.2) is 12.0 Å². The van der Waals surface area contributed by atoms with Crippen LogP contribution in [-0.2, 0) is 9.53 Å². The van der Waals surface area contributed by atoms with E-state index < -0.39 is 29.2 Å². The van der Waals surface area contributed by atoms with Gasteiger partial charge in [0.05, 0.1) is 5.56 Å². The Balaban J connectivity index is 1.78. The van der Waals surface area contributed by atoms with Gasteiger partial charge in [-0.3, -0.25) is 9.59 Å². The summed E-state index contributed by atoms with van der Waals surface area (Å²) in [6.07, 6.45) is 0.189. The molecule has 0 spiro atoms. The maximum atomic E-state index is 13.1. The number of urea groups is 1. The first kappa shape index (κ1) is 25.9. The highest BCUT2D eigenvalue weighted by Crippen LogP contribution is 2.46. The van der Waals surface area contributed by atoms with Crippen LogP contribution in [0.4, 0.5) is 10.5 Å². The second-order valence-corrected chi connectivity index (χ2v) is 9.60. The summed E-state index contributed by atoms with van der Waals surface area (Å²) in [6, 6.07) is 12.2. The van der Waals surface area contributed by atoms with Crippen molar-refractivity contribution in [1.82, 2.24) is 4.90 Å². The molecule has 1 aliphatic rings. The number of ether oxygens (including phenoxy) is 2. The number of esters is 1. The molecule has 1 N–H and O–H groups in total. The molecule has 1 unspecified atom stereocenters. The van der Waals surface area contributed by atoms with Crippen molar-refractivity contribution in [2.24, 2.45) is 5.41 Å². The van der Waals surface area contributed by atoms with Gasteiger partial charge in [0, 0.05) is 11.3 Å². The lowest BCUT2D eigenvalue weighted by molar-refractivity contribution is -0.190. The van der Waals surface area contributed by atoms with Crippen LogP contribution in [0.25, 0.3) is 0 Å². The van der Waals surface area contributed by atoms with Crippen molar-refractivity contribution in [2.75, 3.05) is 5.32 Å². The summed E-state index contributed by atoms with van der Waals surface area (Å²) in [5.74, 6) is -0.417. The molecule has 0 bridgehead atoms. The monoisotopic (exact) mass is 480 g/mol. The first-order valence-corrected chi connectivity index (χ1v) is 11.7. The smallest absolute Gasteiger partial charge is 0.338 e. The fraction of sp³-hybridized carbons (Fsp3) is 0.407. The number of amides is 3. The molecule has 0 saturated carbocycles. The van der Waals surface area contributed by atoms with E-state index in [1.54, 1.807) is 69.3 Å². The number of nitrogens with zero attached hydrogens (tertiary/aromatic N) is 1. The van der Waals surface area contributed by atoms with E-state index in [4.69, 9.17) is 9.47 Å². The van der Waals surface area contributed by atoms with E-state index in [2.05, 4.69) is 5.32 Å². The Morgan fingerprint density at radius 2 is 1.49 bits per heavy atom. The number of ketones is 1. The zero-order valence-corrected chi connectivity index (χ0v) is 21.0. The van der Waals surface area contributed by atoms with Crippen LogP contribution < -0.4 is 10.1 Å². The number of hydrogen-bond acceptors (Lipinski definition) is 6. The highest BCUT2D eigenvalue weighted by atomic mass is 16.6. The first-order chi connectivity index (χ1) is 16.4. The average Bonchev–Trinajstić information content (AvgIpc) is 2.79. The molecule has 1 atom stereocenters. The Bertz CT molecular complexity index is 1110. The Hall–Kier alpha value is -3.68. The molecule has 2 aromatic carbocycles. The summed E-state index contributed by atoms with van der Waals surface area (Å²) in [5, 5.41) is 2.70. The molecule has 3 amide bonds. The molecule has 3 rings (SSSR count). The van der Waals surface area contributed by atoms with Gasteiger partial charge in [0.1, 0.15) is 16.8 Å². The summed E-state index contributed by atoms with van der Waals surface area (Å²) < 4.78 is 11.5. The Kier molecular flexibility index (Phi) is 7.33. The van der Waals surface area contributed by atoms with E-state index in [9.17, 15) is 19.2 Å². The van der Waals surface area contributed by atoms with Crippen LogP contribution in [0.1, 0.15) is 75.1 Å². The van der Waals surface area contributed by atoms with E-state index in [0.29, 0.717) is 35.4 Å². The summed E-state index contributed by atoms with van der Waals surface area (Å²) in [7, 11) is 0. The SMILES string of the molecule is CCC1(CC)C(=O)N(C(=O)Nc2ccc(C(C)=O)cc2)C1Oc1ccc(C(=O)OC(C)(C)C)cc1. The molecule has 186 valence electrons. The van der Waals surface area contributed by atoms with Crippen molar-refractivity contribution in [3.05, 3.63) is 59.7 Å². The van der Waals surface area contributed by atoms with E-state index in [1.807, 2.05) is 13.8 Å². The molecule has 1 heterocycles. The number of hydrogen-bond donors (Lipinski definition) is 1. The van der Waals surface area contributed by atoms with Gasteiger partial charge in [-0.2, -0.15) is 0 Å². The molecular formula is C27H32N2O6. The zero-order chi connectivity index (χ0) is 26.0. The number of benzene rings is 2. The fourth-order valence-electron chi connectivity index (χ4n) is 4.01. The highest BCUT2D eigenvalue weighted by Gasteiger charge is 2.63. The Morgan fingerprint density at radius 3 is 1.97 bits per heavy atom. The topological polar surface area (TPSA) is 102 Å². The molecule has 8 nitrogen and oxygen atoms in total. The summed E-state index contributed by atoms with van der Waals surface area (Å²) in [4.78, 5) is 50.9. The standard InChI is InChI=1S/C27H32N2O6/c1-7-27(8-2)23(32)29(25(33)28-20-13-9-18(10-14-20)17(3)30)24(27)34-21-15-11-19(12-16-21)22(31)35-26(4,5)6/h9-16,24H,7-8H2,1-6H3,(H,28,33). The third-order valence-electron chi connectivity index (χ3n) is 6.11. The van der Waals surface area contributed by atoms with E-state index >= 15 is 0 Å². The zero-order valence-electron chi connectivity index (χ0n) is 21.0. The van der Waals surface area contributed by atoms with Gasteiger partial charge >= 0.3 is 12.0 Å². The number of anilines is 1. The molecule has 0 radical (unpaired) electrons. The molecule has 1 aliphatic heterocycles. The predicted octanol–water partition coefficient (Wildman–Crippen LogP) is 5.43. The third-order valence-corrected chi connectivity index (χ3v) is 6.11. The number of imide groups is 1. The number of nitrogens with one attached hydrogen (secondary N) is 1. The third kappa shape index (κ3) is 5.37. The van der Waals surface area contributed by atoms with Crippen LogP contribution >= 0.6 is 0 Å². The van der Waals surface area contributed by atoms with Crippen LogP contribution in [-0.4, -0.2) is 40.4 Å². The summed E-state index contributed by atoms with van der Waals surface area (Å²) in [5.41, 5.74) is -0.0908. The van der Waals surface area contributed by atoms with Crippen LogP contribution in [0.15, 0.2) is 48.5 Å². The van der Waals surface area contributed by atoms with Crippen molar-refractivity contribution in [2.45, 2.75) is 66.2 Å². The predicted molar refractivity (Wildman–Crippen MR) is 131 cm³/mol. The number of carbonyl (C=O) groups is 4. The van der Waals surface area contributed by atoms with Crippen molar-refractivity contribution in [3.63, 3.8) is 0 Å². The minimum atomic E-state index is -0.834. The molecule has 0 aromatic heterocycles. The maximum Gasteiger partial charge on any atom is 0.338 e. The summed E-state index contributed by atoms with van der Waals surface area (Å²) >= 11 is 0. The van der Waals surface area contributed by atoms with Gasteiger partial charge in [-0.25, -0.2) is 14.5 Å². The highest BCUT2D eigenvalue weighted by molar-refractivity contribution is 6.08. The molecular weight excluding hydrogens is 448 g/mol. The van der Waals surface area contributed by atoms with Crippen molar-refractivity contribution in [1.29, 1.82) is 0 Å². The van der Waals surface area contributed by atoms with E-state index in [-0.39, 0.29) is 11.7 Å². The molecule has 1 fully saturated rings. The molecule has 1 saturated heterocycles. The minimum Gasteiger partial charge on any atom is -0.469 e. The molecule has 0 aliphatic carbocycles. The van der Waals surface area contributed by atoms with Crippen molar-refractivity contribution in [3.8, 4) is 5.75 Å². The first-order valence-electron chi connectivity index (χ1n) is 11.7. The number of likely N-dealkylation sites (tertiary alicyclic amines) is 1. The number of carbonyl (C=O) groups excluding carboxylic acids is 4. The Labute approximate surface area is 205 Å². The minimum absolute atomic E-state index is 0.0809. The largest absolute Gasteiger partial charge is 0.469 e. The molecule has 8 heteroatoms. The van der Waals surface area contributed by atoms with Gasteiger partial charge in [-0.15, -0.1) is 0 Å². The fourth-order valence-corrected chi connectivity index (χ4v) is 4.01. The number of Topliss-reactive ketones (excluding diaryl/α,β-unsaturated/α-hetero) is 1. The lowest BCUT2D eigenvalue weighted by Crippen LogP contribution is -2.73. The van der Waals surface area contributed by atoms with Crippen LogP contribution in [0, 0.1) is 5.41 Å². The van der Waals surface area contributed by atoms with Gasteiger partial charge < -0.3 is 14.8 Å². The van der Waals surface area contributed by atoms with Crippen molar-refractivity contribution < 1.29 is 28.7 Å². The van der Waals surface area contributed by atoms with Gasteiger partial charge in [-0.05, 0) is 89.1 Å². The normalized spacial score (nSPS) is 16.8. The lowest BCUT2D eigenvalue weighted by atomic mass is 9.72. The van der Waals surface area contributed by atoms with E-state index in [0.717, 1.165) is 4.90 Å².